The normalized spacial score (nSPS) is 18.0. The van der Waals surface area contributed by atoms with E-state index in [1.807, 2.05) is 0 Å². The van der Waals surface area contributed by atoms with Crippen molar-refractivity contribution in [2.75, 3.05) is 32.4 Å². The number of hydrogen-bond acceptors (Lipinski definition) is 5. The summed E-state index contributed by atoms with van der Waals surface area (Å²) in [7, 11) is -3.18. The maximum Gasteiger partial charge on any atom is 0.292 e. The van der Waals surface area contributed by atoms with Crippen molar-refractivity contribution in [2.45, 2.75) is 6.92 Å². The van der Waals surface area contributed by atoms with Gasteiger partial charge in [-0.1, -0.05) is 5.16 Å². The van der Waals surface area contributed by atoms with Crippen LogP contribution in [0.25, 0.3) is 0 Å². The zero-order valence-electron chi connectivity index (χ0n) is 10.3. The zero-order valence-corrected chi connectivity index (χ0v) is 11.1. The minimum atomic E-state index is -3.18. The molecule has 0 aliphatic carbocycles. The molecule has 2 heterocycles. The predicted molar refractivity (Wildman–Crippen MR) is 63.6 cm³/mol. The summed E-state index contributed by atoms with van der Waals surface area (Å²) in [6.45, 7) is 3.11. The first kappa shape index (κ1) is 13.0. The Bertz CT molecular complexity index is 543. The van der Waals surface area contributed by atoms with Crippen LogP contribution in [0.3, 0.4) is 0 Å². The molecule has 0 atom stereocenters. The fraction of sp³-hybridized carbons (Fsp3) is 0.600. The Morgan fingerprint density at radius 3 is 2.39 bits per heavy atom. The molecule has 0 unspecified atom stereocenters. The van der Waals surface area contributed by atoms with Crippen LogP contribution in [0, 0.1) is 6.92 Å². The van der Waals surface area contributed by atoms with Gasteiger partial charge in [0.1, 0.15) is 0 Å². The number of aromatic nitrogens is 1. The average molecular weight is 273 g/mol. The number of sulfonamides is 1. The molecule has 2 rings (SSSR count). The minimum absolute atomic E-state index is 0.195. The molecule has 1 aromatic heterocycles. The standard InChI is InChI=1S/C10H15N3O4S/c1-8-7-9(17-11-8)10(14)12-3-5-13(6-4-12)18(2,15)16/h7H,3-6H2,1-2H3. The monoisotopic (exact) mass is 273 g/mol. The van der Waals surface area contributed by atoms with Gasteiger partial charge in [-0.15, -0.1) is 0 Å². The summed E-state index contributed by atoms with van der Waals surface area (Å²) in [5.41, 5.74) is 0.646. The number of hydrogen-bond donors (Lipinski definition) is 0. The third-order valence-corrected chi connectivity index (χ3v) is 4.14. The summed E-state index contributed by atoms with van der Waals surface area (Å²) in [5, 5.41) is 3.66. The number of aryl methyl sites for hydroxylation is 1. The average Bonchev–Trinajstić information content (AvgIpc) is 2.74. The van der Waals surface area contributed by atoms with E-state index >= 15 is 0 Å². The molecular weight excluding hydrogens is 258 g/mol. The molecule has 1 aromatic rings. The van der Waals surface area contributed by atoms with Gasteiger partial charge in [0.2, 0.25) is 15.8 Å². The number of nitrogens with zero attached hydrogens (tertiary/aromatic N) is 3. The van der Waals surface area contributed by atoms with Gasteiger partial charge in [-0.05, 0) is 6.92 Å². The molecule has 1 amide bonds. The molecule has 1 fully saturated rings. The fourth-order valence-electron chi connectivity index (χ4n) is 1.84. The lowest BCUT2D eigenvalue weighted by Gasteiger charge is -2.32. The van der Waals surface area contributed by atoms with Crippen molar-refractivity contribution in [1.82, 2.24) is 14.4 Å². The topological polar surface area (TPSA) is 83.7 Å². The lowest BCUT2D eigenvalue weighted by molar-refractivity contribution is 0.0656. The van der Waals surface area contributed by atoms with Gasteiger partial charge in [-0.2, -0.15) is 4.31 Å². The van der Waals surface area contributed by atoms with Crippen LogP contribution in [0.4, 0.5) is 0 Å². The Hall–Kier alpha value is -1.41. The molecule has 0 saturated carbocycles. The minimum Gasteiger partial charge on any atom is -0.351 e. The zero-order chi connectivity index (χ0) is 13.3. The summed E-state index contributed by atoms with van der Waals surface area (Å²) in [6, 6.07) is 1.57. The number of piperazine rings is 1. The first-order valence-corrected chi connectivity index (χ1v) is 7.40. The molecule has 0 bridgehead atoms. The van der Waals surface area contributed by atoms with Gasteiger partial charge < -0.3 is 9.42 Å². The van der Waals surface area contributed by atoms with E-state index in [9.17, 15) is 13.2 Å². The maximum atomic E-state index is 12.0. The van der Waals surface area contributed by atoms with Crippen LogP contribution in [0.15, 0.2) is 10.6 Å². The SMILES string of the molecule is Cc1cc(C(=O)N2CCN(S(C)(=O)=O)CC2)on1. The highest BCUT2D eigenvalue weighted by molar-refractivity contribution is 7.88. The molecule has 7 nitrogen and oxygen atoms in total. The summed E-state index contributed by atoms with van der Waals surface area (Å²) in [6.07, 6.45) is 1.17. The second kappa shape index (κ2) is 4.69. The van der Waals surface area contributed by atoms with Gasteiger partial charge in [0, 0.05) is 32.2 Å². The van der Waals surface area contributed by atoms with Crippen LogP contribution in [-0.4, -0.2) is 61.1 Å². The van der Waals surface area contributed by atoms with Gasteiger partial charge in [0.15, 0.2) is 0 Å². The highest BCUT2D eigenvalue weighted by atomic mass is 32.2. The molecule has 8 heteroatoms. The van der Waals surface area contributed by atoms with Crippen molar-refractivity contribution >= 4 is 15.9 Å². The van der Waals surface area contributed by atoms with Gasteiger partial charge in [0.05, 0.1) is 11.9 Å². The number of carbonyl (C=O) groups is 1. The highest BCUT2D eigenvalue weighted by Crippen LogP contribution is 2.11. The highest BCUT2D eigenvalue weighted by Gasteiger charge is 2.28. The smallest absolute Gasteiger partial charge is 0.292 e. The van der Waals surface area contributed by atoms with Crippen molar-refractivity contribution in [3.05, 3.63) is 17.5 Å². The predicted octanol–water partition coefficient (Wildman–Crippen LogP) is -0.300. The van der Waals surface area contributed by atoms with E-state index in [4.69, 9.17) is 4.52 Å². The van der Waals surface area contributed by atoms with E-state index in [1.54, 1.807) is 17.9 Å². The van der Waals surface area contributed by atoms with Crippen LogP contribution in [0.1, 0.15) is 16.2 Å². The first-order chi connectivity index (χ1) is 8.38. The molecule has 0 radical (unpaired) electrons. The van der Waals surface area contributed by atoms with Crippen molar-refractivity contribution in [3.63, 3.8) is 0 Å². The molecule has 0 spiro atoms. The van der Waals surface area contributed by atoms with E-state index < -0.39 is 10.0 Å². The number of amides is 1. The Morgan fingerprint density at radius 1 is 1.33 bits per heavy atom. The van der Waals surface area contributed by atoms with Crippen molar-refractivity contribution in [2.24, 2.45) is 0 Å². The van der Waals surface area contributed by atoms with Crippen LogP contribution in [0.5, 0.6) is 0 Å². The van der Waals surface area contributed by atoms with Crippen LogP contribution in [-0.2, 0) is 10.0 Å². The molecule has 100 valence electrons. The van der Waals surface area contributed by atoms with Gasteiger partial charge in [0.25, 0.3) is 5.91 Å². The van der Waals surface area contributed by atoms with Crippen LogP contribution in [0.2, 0.25) is 0 Å². The van der Waals surface area contributed by atoms with E-state index in [-0.39, 0.29) is 11.7 Å². The van der Waals surface area contributed by atoms with E-state index in [0.29, 0.717) is 31.9 Å². The Balaban J connectivity index is 2.00. The largest absolute Gasteiger partial charge is 0.351 e. The molecule has 1 aliphatic rings. The van der Waals surface area contributed by atoms with Gasteiger partial charge in [-0.3, -0.25) is 4.79 Å². The summed E-state index contributed by atoms with van der Waals surface area (Å²) in [5.74, 6) is -0.0518. The number of carbonyl (C=O) groups excluding carboxylic acids is 1. The van der Waals surface area contributed by atoms with Crippen molar-refractivity contribution < 1.29 is 17.7 Å². The van der Waals surface area contributed by atoms with Crippen molar-refractivity contribution in [3.8, 4) is 0 Å². The quantitative estimate of drug-likeness (QED) is 0.738. The van der Waals surface area contributed by atoms with Gasteiger partial charge in [-0.25, -0.2) is 8.42 Å². The van der Waals surface area contributed by atoms with E-state index in [0.717, 1.165) is 0 Å². The lowest BCUT2D eigenvalue weighted by atomic mass is 10.3. The summed E-state index contributed by atoms with van der Waals surface area (Å²) < 4.78 is 28.9. The van der Waals surface area contributed by atoms with Crippen LogP contribution >= 0.6 is 0 Å². The van der Waals surface area contributed by atoms with Crippen molar-refractivity contribution in [1.29, 1.82) is 0 Å². The molecule has 18 heavy (non-hydrogen) atoms. The molecule has 1 saturated heterocycles. The van der Waals surface area contributed by atoms with E-state index in [2.05, 4.69) is 5.16 Å². The van der Waals surface area contributed by atoms with E-state index in [1.165, 1.54) is 10.6 Å². The Labute approximate surface area is 105 Å². The molecule has 1 aliphatic heterocycles. The van der Waals surface area contributed by atoms with Crippen LogP contribution < -0.4 is 0 Å². The molecule has 0 aromatic carbocycles. The molecular formula is C10H15N3O4S. The summed E-state index contributed by atoms with van der Waals surface area (Å²) >= 11 is 0. The Morgan fingerprint density at radius 2 is 1.94 bits per heavy atom. The fourth-order valence-corrected chi connectivity index (χ4v) is 2.67. The Kier molecular flexibility index (Phi) is 3.40. The third-order valence-electron chi connectivity index (χ3n) is 2.83. The second-order valence-electron chi connectivity index (χ2n) is 4.29. The third kappa shape index (κ3) is 2.70. The second-order valence-corrected chi connectivity index (χ2v) is 6.27. The summed E-state index contributed by atoms with van der Waals surface area (Å²) in [4.78, 5) is 13.6. The lowest BCUT2D eigenvalue weighted by Crippen LogP contribution is -2.50. The number of rotatable bonds is 2. The first-order valence-electron chi connectivity index (χ1n) is 5.55. The maximum absolute atomic E-state index is 12.0. The molecule has 0 N–H and O–H groups in total. The van der Waals surface area contributed by atoms with Gasteiger partial charge >= 0.3 is 0 Å².